The minimum absolute atomic E-state index is 0.0104. The molecule has 0 saturated heterocycles. The molecule has 3 heterocycles. The number of halogens is 4. The Morgan fingerprint density at radius 2 is 1.11 bits per heavy atom. The van der Waals surface area contributed by atoms with E-state index >= 15 is 0 Å². The first kappa shape index (κ1) is 65.1. The molecule has 0 atom stereocenters. The number of aromatic nitrogens is 3. The second-order valence-electron chi connectivity index (χ2n) is 16.1. The van der Waals surface area contributed by atoms with Gasteiger partial charge < -0.3 is 73.2 Å². The highest BCUT2D eigenvalue weighted by Crippen LogP contribution is 2.28. The van der Waals surface area contributed by atoms with Crippen molar-refractivity contribution in [1.29, 1.82) is 0 Å². The number of pyridine rings is 1. The number of esters is 1. The van der Waals surface area contributed by atoms with E-state index in [-0.39, 0.29) is 88.8 Å². The van der Waals surface area contributed by atoms with E-state index in [9.17, 15) is 36.7 Å². The fourth-order valence-corrected chi connectivity index (χ4v) is 6.28. The maximum atomic E-state index is 13.6. The number of hydroxylamine groups is 2. The number of fused-ring (bicyclic) bond motifs is 1. The van der Waals surface area contributed by atoms with E-state index in [0.29, 0.717) is 123 Å². The van der Waals surface area contributed by atoms with E-state index in [1.807, 2.05) is 6.92 Å². The quantitative estimate of drug-likeness (QED) is 0.0182. The molecule has 0 unspecified atom stereocenters. The number of amidine groups is 1. The Morgan fingerprint density at radius 1 is 0.633 bits per heavy atom. The number of carbonyl (C=O) groups excluding carboxylic acids is 4. The van der Waals surface area contributed by atoms with Crippen LogP contribution in [0.4, 0.5) is 33.7 Å². The molecule has 25 nitrogen and oxygen atoms in total. The fourth-order valence-electron chi connectivity index (χ4n) is 6.28. The first-order valence-corrected chi connectivity index (χ1v) is 25.2. The van der Waals surface area contributed by atoms with Crippen molar-refractivity contribution in [1.82, 2.24) is 25.3 Å². The first-order valence-electron chi connectivity index (χ1n) is 25.2. The van der Waals surface area contributed by atoms with Gasteiger partial charge in [0, 0.05) is 37.3 Å². The van der Waals surface area contributed by atoms with Crippen LogP contribution in [0, 0.1) is 23.3 Å². The van der Waals surface area contributed by atoms with E-state index in [1.165, 1.54) is 36.0 Å². The number of hydrogen-bond donors (Lipinski definition) is 3. The number of carbonyl (C=O) groups is 4. The molecule has 1 aliphatic heterocycles. The zero-order valence-electron chi connectivity index (χ0n) is 43.9. The van der Waals surface area contributed by atoms with Gasteiger partial charge in [-0.3, -0.25) is 24.2 Å². The Morgan fingerprint density at radius 3 is 1.61 bits per heavy atom. The number of anilines is 1. The van der Waals surface area contributed by atoms with Crippen LogP contribution in [0.3, 0.4) is 0 Å². The third kappa shape index (κ3) is 27.4. The molecule has 0 saturated carbocycles. The van der Waals surface area contributed by atoms with Crippen molar-refractivity contribution in [2.75, 3.05) is 164 Å². The third-order valence-electron chi connectivity index (χ3n) is 10.0. The van der Waals surface area contributed by atoms with Crippen LogP contribution < -0.4 is 21.1 Å². The molecule has 3 aromatic rings. The maximum absolute atomic E-state index is 13.6. The van der Waals surface area contributed by atoms with Gasteiger partial charge in [-0.25, -0.2) is 33.6 Å². The molecule has 0 bridgehead atoms. The molecule has 1 aromatic carbocycles. The van der Waals surface area contributed by atoms with Crippen LogP contribution in [0.1, 0.15) is 42.2 Å². The van der Waals surface area contributed by atoms with Gasteiger partial charge >= 0.3 is 12.1 Å². The second kappa shape index (κ2) is 39.9. The van der Waals surface area contributed by atoms with Gasteiger partial charge in [0.2, 0.25) is 17.4 Å². The summed E-state index contributed by atoms with van der Waals surface area (Å²) in [6.45, 7) is 8.30. The number of rotatable bonds is 43. The van der Waals surface area contributed by atoms with Gasteiger partial charge in [-0.15, -0.1) is 0 Å². The number of benzene rings is 1. The van der Waals surface area contributed by atoms with Gasteiger partial charge in [0.05, 0.1) is 180 Å². The van der Waals surface area contributed by atoms with Crippen molar-refractivity contribution in [2.45, 2.75) is 26.2 Å². The lowest BCUT2D eigenvalue weighted by atomic mass is 10.1. The topological polar surface area (TPSA) is 293 Å². The zero-order valence-corrected chi connectivity index (χ0v) is 43.9. The summed E-state index contributed by atoms with van der Waals surface area (Å²) in [5.41, 5.74) is 7.73. The molecule has 0 fully saturated rings. The van der Waals surface area contributed by atoms with Crippen molar-refractivity contribution >= 4 is 47.2 Å². The molecule has 0 spiro atoms. The Bertz CT molecular complexity index is 2320. The van der Waals surface area contributed by atoms with E-state index in [1.54, 1.807) is 6.08 Å². The number of hydrogen-bond acceptors (Lipinski definition) is 22. The lowest BCUT2D eigenvalue weighted by molar-refractivity contribution is -0.181. The molecule has 2 aromatic heterocycles. The number of ether oxygens (including phenoxy) is 12. The van der Waals surface area contributed by atoms with Gasteiger partial charge in [0.25, 0.3) is 11.8 Å². The van der Waals surface area contributed by atoms with Gasteiger partial charge in [-0.1, -0.05) is 6.92 Å². The largest absolute Gasteiger partial charge is 0.447 e. The molecule has 0 aliphatic carbocycles. The van der Waals surface area contributed by atoms with E-state index in [0.717, 1.165) is 0 Å². The number of alkyl carbamates (subject to hydrolysis) is 1. The first-order chi connectivity index (χ1) is 38.5. The number of nitrogens with one attached hydrogen (secondary N) is 2. The summed E-state index contributed by atoms with van der Waals surface area (Å²) in [7, 11) is 0. The minimum atomic E-state index is -1.81. The molecular formula is C50H68F4N8O17. The van der Waals surface area contributed by atoms with Gasteiger partial charge in [0.15, 0.2) is 11.6 Å². The predicted molar refractivity (Wildman–Crippen MR) is 270 cm³/mol. The highest BCUT2D eigenvalue weighted by molar-refractivity contribution is 6.07. The number of nitrogens with two attached hydrogens (primary N) is 1. The molecular weight excluding hydrogens is 1060 g/mol. The second-order valence-corrected chi connectivity index (χ2v) is 16.1. The molecule has 438 valence electrons. The summed E-state index contributed by atoms with van der Waals surface area (Å²) in [5.74, 6) is -10.3. The summed E-state index contributed by atoms with van der Waals surface area (Å²) in [6, 6.07) is 1.53. The summed E-state index contributed by atoms with van der Waals surface area (Å²) >= 11 is 0. The smallest absolute Gasteiger partial charge is 0.407 e. The van der Waals surface area contributed by atoms with Gasteiger partial charge in [-0.05, 0) is 18.6 Å². The van der Waals surface area contributed by atoms with Crippen LogP contribution in [-0.2, 0) is 66.5 Å². The van der Waals surface area contributed by atoms with E-state index in [2.05, 4.69) is 35.3 Å². The molecule has 79 heavy (non-hydrogen) atoms. The van der Waals surface area contributed by atoms with Crippen LogP contribution in [-0.4, -0.2) is 208 Å². The van der Waals surface area contributed by atoms with Crippen LogP contribution in [0.25, 0.3) is 6.08 Å². The molecule has 0 radical (unpaired) electrons. The monoisotopic (exact) mass is 1130 g/mol. The lowest BCUT2D eigenvalue weighted by Gasteiger charge is -2.22. The average molecular weight is 1130 g/mol. The fraction of sp³-hybridized carbons (Fsp3) is 0.560. The Labute approximate surface area is 453 Å². The zero-order chi connectivity index (χ0) is 56.7. The van der Waals surface area contributed by atoms with E-state index < -0.39 is 59.3 Å². The molecule has 1 aliphatic rings. The van der Waals surface area contributed by atoms with Crippen LogP contribution in [0.5, 0.6) is 5.75 Å². The number of aliphatic imine (C=N–C) groups is 1. The standard InChI is InChI=1S/C50H68F4N8O17/c1-2-5-62(49(65)36-28-41-42(61-43(55)30-36)29-37(32-59-41)48(64)60-38-33-56-35-57-34-38)78-7-4-58-50(66)77-27-26-76-25-24-75-23-22-74-21-20-73-19-18-72-17-16-71-15-14-70-13-12-69-11-10-68-9-8-67-6-3-44(63)79-47-45(53)39(51)31-40(52)46(47)54/h28-29,31-35H,2-27,30H2,1H3,(H2,55,61)(H,58,66)(H,60,64). The van der Waals surface area contributed by atoms with Crippen molar-refractivity contribution in [2.24, 2.45) is 10.7 Å². The van der Waals surface area contributed by atoms with Crippen LogP contribution >= 0.6 is 0 Å². The van der Waals surface area contributed by atoms with Gasteiger partial charge in [-0.2, -0.15) is 8.78 Å². The predicted octanol–water partition coefficient (Wildman–Crippen LogP) is 3.51. The Hall–Kier alpha value is -6.38. The van der Waals surface area contributed by atoms with E-state index in [4.69, 9.17) is 62.7 Å². The Balaban J connectivity index is 0.847. The molecule has 29 heteroatoms. The summed E-state index contributed by atoms with van der Waals surface area (Å²) in [4.78, 5) is 72.4. The SMILES string of the molecule is CCCN(OCCNC(=O)OCCOCCOCCOCCOCCOCCOCCOCCOCCOCCOCCC(=O)Oc1c(F)c(F)cc(F)c1F)C(=O)C1=Cc2ncc(C(=O)Nc3cncnc3)cc2N=C(N)C1. The molecule has 4 N–H and O–H groups in total. The number of nitrogens with zero attached hydrogens (tertiary/aromatic N) is 5. The Kier molecular flexibility index (Phi) is 32.9. The molecule has 4 rings (SSSR count). The lowest BCUT2D eigenvalue weighted by Crippen LogP contribution is -2.37. The summed E-state index contributed by atoms with van der Waals surface area (Å²) in [6.07, 6.45) is 6.69. The van der Waals surface area contributed by atoms with Crippen molar-refractivity contribution in [3.05, 3.63) is 77.1 Å². The number of amides is 3. The average Bonchev–Trinajstić information content (AvgIpc) is 3.62. The maximum Gasteiger partial charge on any atom is 0.407 e. The highest BCUT2D eigenvalue weighted by atomic mass is 19.2. The van der Waals surface area contributed by atoms with Crippen molar-refractivity contribution < 1.29 is 98.4 Å². The van der Waals surface area contributed by atoms with Crippen LogP contribution in [0.2, 0.25) is 0 Å². The molecule has 3 amide bonds. The van der Waals surface area contributed by atoms with Crippen molar-refractivity contribution in [3.8, 4) is 5.75 Å². The van der Waals surface area contributed by atoms with Gasteiger partial charge in [0.1, 0.15) is 18.8 Å². The van der Waals surface area contributed by atoms with Crippen LogP contribution in [0.15, 0.2) is 47.6 Å². The highest BCUT2D eigenvalue weighted by Gasteiger charge is 2.25. The summed E-state index contributed by atoms with van der Waals surface area (Å²) < 4.78 is 117. The third-order valence-corrected chi connectivity index (χ3v) is 10.0. The van der Waals surface area contributed by atoms with Crippen molar-refractivity contribution in [3.63, 3.8) is 0 Å². The summed E-state index contributed by atoms with van der Waals surface area (Å²) in [5, 5.41) is 6.44. The normalized spacial score (nSPS) is 12.1. The minimum Gasteiger partial charge on any atom is -0.447 e.